The van der Waals surface area contributed by atoms with E-state index in [1.165, 1.54) is 4.90 Å². The number of nitrogens with zero attached hydrogens (tertiary/aromatic N) is 2. The standard InChI is InChI=1S/C20H22N2O4/c1-2-3-9-21-19(23)15-6-4-5-14-17(22(25)10-12-26-13-11-22)8-7-16(18(14)15)20(21)24/h4-8H,2-3,9-13H2,1H3. The number of hydrogen-bond donors (Lipinski definition) is 0. The van der Waals surface area contributed by atoms with Gasteiger partial charge in [-0.2, -0.15) is 0 Å². The van der Waals surface area contributed by atoms with Crippen LogP contribution in [0.3, 0.4) is 0 Å². The summed E-state index contributed by atoms with van der Waals surface area (Å²) in [7, 11) is 0. The Morgan fingerprint density at radius 3 is 2.46 bits per heavy atom. The van der Waals surface area contributed by atoms with Crippen LogP contribution in [0.15, 0.2) is 30.3 Å². The van der Waals surface area contributed by atoms with E-state index in [1.54, 1.807) is 24.3 Å². The second-order valence-electron chi connectivity index (χ2n) is 6.92. The van der Waals surface area contributed by atoms with Crippen LogP contribution in [0.1, 0.15) is 40.5 Å². The van der Waals surface area contributed by atoms with Gasteiger partial charge in [-0.25, -0.2) is 0 Å². The molecule has 6 nitrogen and oxygen atoms in total. The Morgan fingerprint density at radius 1 is 1.08 bits per heavy atom. The fourth-order valence-corrected chi connectivity index (χ4v) is 3.88. The number of quaternary nitrogens is 1. The predicted octanol–water partition coefficient (Wildman–Crippen LogP) is 3.07. The molecule has 0 bridgehead atoms. The SMILES string of the molecule is CCCCN1C(=O)c2cccc3c([N+]4([O-])CCOCC4)ccc(c23)C1=O. The highest BCUT2D eigenvalue weighted by Gasteiger charge is 2.35. The van der Waals surface area contributed by atoms with Gasteiger partial charge in [0.25, 0.3) is 11.8 Å². The van der Waals surface area contributed by atoms with Crippen molar-refractivity contribution in [1.29, 1.82) is 0 Å². The molecule has 1 saturated heterocycles. The van der Waals surface area contributed by atoms with E-state index >= 15 is 0 Å². The molecule has 0 radical (unpaired) electrons. The molecular weight excluding hydrogens is 332 g/mol. The molecule has 0 spiro atoms. The number of carbonyl (C=O) groups excluding carboxylic acids is 2. The Balaban J connectivity index is 1.88. The van der Waals surface area contributed by atoms with E-state index in [4.69, 9.17) is 4.74 Å². The lowest BCUT2D eigenvalue weighted by Crippen LogP contribution is -2.51. The highest BCUT2D eigenvalue weighted by Crippen LogP contribution is 2.38. The zero-order valence-electron chi connectivity index (χ0n) is 14.9. The van der Waals surface area contributed by atoms with Gasteiger partial charge in [0, 0.05) is 34.5 Å². The highest BCUT2D eigenvalue weighted by molar-refractivity contribution is 6.26. The minimum absolute atomic E-state index is 0.266. The van der Waals surface area contributed by atoms with Gasteiger partial charge in [0.2, 0.25) is 0 Å². The maximum atomic E-state index is 13.3. The van der Waals surface area contributed by atoms with Gasteiger partial charge in [-0.1, -0.05) is 19.4 Å². The van der Waals surface area contributed by atoms with Gasteiger partial charge in [-0.05, 0) is 24.6 Å². The van der Waals surface area contributed by atoms with E-state index < -0.39 is 4.65 Å². The first-order valence-electron chi connectivity index (χ1n) is 9.15. The number of hydrogen-bond acceptors (Lipinski definition) is 4. The molecule has 2 aliphatic heterocycles. The molecule has 2 aliphatic rings. The van der Waals surface area contributed by atoms with Gasteiger partial charge in [0.15, 0.2) is 0 Å². The number of ether oxygens (including phenoxy) is 1. The third-order valence-electron chi connectivity index (χ3n) is 5.34. The van der Waals surface area contributed by atoms with Gasteiger partial charge in [0.05, 0.1) is 13.2 Å². The molecule has 6 heteroatoms. The minimum atomic E-state index is -0.484. The summed E-state index contributed by atoms with van der Waals surface area (Å²) in [5.41, 5.74) is 1.63. The van der Waals surface area contributed by atoms with Gasteiger partial charge in [-0.15, -0.1) is 0 Å². The van der Waals surface area contributed by atoms with Crippen molar-refractivity contribution in [3.05, 3.63) is 46.7 Å². The molecule has 26 heavy (non-hydrogen) atoms. The maximum Gasteiger partial charge on any atom is 0.261 e. The van der Waals surface area contributed by atoms with Crippen molar-refractivity contribution >= 4 is 28.3 Å². The Morgan fingerprint density at radius 2 is 1.77 bits per heavy atom. The normalized spacial score (nSPS) is 19.2. The first-order valence-corrected chi connectivity index (χ1v) is 9.15. The lowest BCUT2D eigenvalue weighted by atomic mass is 9.92. The van der Waals surface area contributed by atoms with E-state index in [9.17, 15) is 14.8 Å². The Labute approximate surface area is 152 Å². The number of imide groups is 1. The number of benzene rings is 2. The average molecular weight is 354 g/mol. The molecule has 0 atom stereocenters. The summed E-state index contributed by atoms with van der Waals surface area (Å²) in [6.45, 7) is 3.94. The molecule has 1 fully saturated rings. The van der Waals surface area contributed by atoms with Gasteiger partial charge < -0.3 is 14.6 Å². The average Bonchev–Trinajstić information content (AvgIpc) is 2.66. The van der Waals surface area contributed by atoms with Crippen molar-refractivity contribution in [2.45, 2.75) is 19.8 Å². The van der Waals surface area contributed by atoms with Gasteiger partial charge in [0.1, 0.15) is 18.8 Å². The second kappa shape index (κ2) is 6.46. The van der Waals surface area contributed by atoms with Crippen LogP contribution >= 0.6 is 0 Å². The van der Waals surface area contributed by atoms with E-state index in [0.29, 0.717) is 60.4 Å². The second-order valence-corrected chi connectivity index (χ2v) is 6.92. The molecule has 2 aromatic carbocycles. The van der Waals surface area contributed by atoms with E-state index in [2.05, 4.69) is 0 Å². The van der Waals surface area contributed by atoms with Crippen molar-refractivity contribution in [2.24, 2.45) is 0 Å². The fraction of sp³-hybridized carbons (Fsp3) is 0.400. The minimum Gasteiger partial charge on any atom is -0.627 e. The summed E-state index contributed by atoms with van der Waals surface area (Å²) in [6, 6.07) is 8.85. The maximum absolute atomic E-state index is 13.3. The van der Waals surface area contributed by atoms with Crippen LogP contribution in [0.4, 0.5) is 5.69 Å². The van der Waals surface area contributed by atoms with Crippen LogP contribution in [0.2, 0.25) is 0 Å². The van der Waals surface area contributed by atoms with Gasteiger partial charge in [-0.3, -0.25) is 14.5 Å². The summed E-state index contributed by atoms with van der Waals surface area (Å²) >= 11 is 0. The van der Waals surface area contributed by atoms with Crippen LogP contribution in [-0.4, -0.2) is 49.6 Å². The highest BCUT2D eigenvalue weighted by atomic mass is 16.6. The van der Waals surface area contributed by atoms with Crippen molar-refractivity contribution in [1.82, 2.24) is 9.55 Å². The number of rotatable bonds is 4. The van der Waals surface area contributed by atoms with Crippen LogP contribution in [0.25, 0.3) is 10.8 Å². The number of hydroxylamine groups is 2. The largest absolute Gasteiger partial charge is 0.627 e. The van der Waals surface area contributed by atoms with E-state index in [0.717, 1.165) is 12.8 Å². The Bertz CT molecular complexity index is 865. The molecule has 2 aromatic rings. The van der Waals surface area contributed by atoms with Crippen LogP contribution in [-0.2, 0) is 4.74 Å². The molecule has 136 valence electrons. The zero-order valence-corrected chi connectivity index (χ0v) is 14.9. The number of unbranched alkanes of at least 4 members (excludes halogenated alkanes) is 1. The molecule has 0 aliphatic carbocycles. The van der Waals surface area contributed by atoms with Crippen LogP contribution in [0.5, 0.6) is 0 Å². The number of amides is 2. The quantitative estimate of drug-likeness (QED) is 0.481. The first kappa shape index (κ1) is 17.1. The molecule has 0 unspecified atom stereocenters. The third kappa shape index (κ3) is 2.53. The molecule has 0 saturated carbocycles. The predicted molar refractivity (Wildman–Crippen MR) is 99.9 cm³/mol. The first-order chi connectivity index (χ1) is 12.6. The lowest BCUT2D eigenvalue weighted by Gasteiger charge is -2.45. The summed E-state index contributed by atoms with van der Waals surface area (Å²) < 4.78 is 4.85. The summed E-state index contributed by atoms with van der Waals surface area (Å²) in [5, 5.41) is 14.6. The van der Waals surface area contributed by atoms with E-state index in [1.807, 2.05) is 13.0 Å². The Hall–Kier alpha value is -2.28. The van der Waals surface area contributed by atoms with Crippen molar-refractivity contribution < 1.29 is 14.3 Å². The molecule has 0 N–H and O–H groups in total. The smallest absolute Gasteiger partial charge is 0.261 e. The molecule has 0 aromatic heterocycles. The fourth-order valence-electron chi connectivity index (χ4n) is 3.88. The lowest BCUT2D eigenvalue weighted by molar-refractivity contribution is 0.0602. The van der Waals surface area contributed by atoms with Crippen LogP contribution < -0.4 is 4.65 Å². The number of carbonyl (C=O) groups is 2. The summed E-state index contributed by atoms with van der Waals surface area (Å²) in [6.07, 6.45) is 1.69. The van der Waals surface area contributed by atoms with E-state index in [-0.39, 0.29) is 11.8 Å². The summed E-state index contributed by atoms with van der Waals surface area (Å²) in [5.74, 6) is -0.531. The molecular formula is C20H22N2O4. The Kier molecular flexibility index (Phi) is 4.26. The van der Waals surface area contributed by atoms with Gasteiger partial charge >= 0.3 is 0 Å². The zero-order chi connectivity index (χ0) is 18.3. The molecule has 2 heterocycles. The monoisotopic (exact) mass is 354 g/mol. The van der Waals surface area contributed by atoms with Crippen molar-refractivity contribution in [2.75, 3.05) is 32.8 Å². The number of morpholine rings is 1. The van der Waals surface area contributed by atoms with Crippen molar-refractivity contribution in [3.8, 4) is 0 Å². The van der Waals surface area contributed by atoms with Crippen LogP contribution in [0, 0.1) is 5.21 Å². The molecule has 4 rings (SSSR count). The topological polar surface area (TPSA) is 69.7 Å². The molecule has 2 amide bonds. The third-order valence-corrected chi connectivity index (χ3v) is 5.34. The summed E-state index contributed by atoms with van der Waals surface area (Å²) in [4.78, 5) is 27.1. The van der Waals surface area contributed by atoms with Crippen molar-refractivity contribution in [3.63, 3.8) is 0 Å².